The summed E-state index contributed by atoms with van der Waals surface area (Å²) in [5.74, 6) is -0.381. The maximum Gasteiger partial charge on any atom is 0.338 e. The molecule has 1 fully saturated rings. The second-order valence-corrected chi connectivity index (χ2v) is 6.86. The van der Waals surface area contributed by atoms with Gasteiger partial charge in [-0.3, -0.25) is 9.36 Å². The van der Waals surface area contributed by atoms with Crippen molar-refractivity contribution >= 4 is 16.9 Å². The SMILES string of the molecule is CC1(COC(=O)c2ccc(-n3cnc4ccccc4c3=O)cc2)COC1. The van der Waals surface area contributed by atoms with E-state index in [4.69, 9.17) is 9.47 Å². The molecule has 6 heteroatoms. The maximum absolute atomic E-state index is 12.6. The number of ether oxygens (including phenoxy) is 2. The summed E-state index contributed by atoms with van der Waals surface area (Å²) in [4.78, 5) is 29.1. The highest BCUT2D eigenvalue weighted by atomic mass is 16.5. The Morgan fingerprint density at radius 2 is 1.92 bits per heavy atom. The summed E-state index contributed by atoms with van der Waals surface area (Å²) in [5.41, 5.74) is 1.51. The van der Waals surface area contributed by atoms with Gasteiger partial charge in [0.25, 0.3) is 5.56 Å². The van der Waals surface area contributed by atoms with Crippen molar-refractivity contribution < 1.29 is 14.3 Å². The van der Waals surface area contributed by atoms with E-state index < -0.39 is 0 Å². The van der Waals surface area contributed by atoms with Crippen LogP contribution in [0.25, 0.3) is 16.6 Å². The molecule has 0 unspecified atom stereocenters. The van der Waals surface area contributed by atoms with E-state index in [2.05, 4.69) is 4.98 Å². The highest BCUT2D eigenvalue weighted by molar-refractivity contribution is 5.89. The standard InChI is InChI=1S/C20H18N2O4/c1-20(10-25-11-20)12-26-19(24)14-6-8-15(9-7-14)22-13-21-17-5-3-2-4-16(17)18(22)23/h2-9,13H,10-12H2,1H3. The van der Waals surface area contributed by atoms with Crippen LogP contribution < -0.4 is 5.56 Å². The Hall–Kier alpha value is -2.99. The van der Waals surface area contributed by atoms with Gasteiger partial charge >= 0.3 is 5.97 Å². The lowest BCUT2D eigenvalue weighted by Crippen LogP contribution is -2.44. The lowest BCUT2D eigenvalue weighted by Gasteiger charge is -2.37. The molecule has 2 aromatic carbocycles. The van der Waals surface area contributed by atoms with Gasteiger partial charge in [-0.2, -0.15) is 0 Å². The highest BCUT2D eigenvalue weighted by Gasteiger charge is 2.34. The quantitative estimate of drug-likeness (QED) is 0.677. The smallest absolute Gasteiger partial charge is 0.338 e. The average Bonchev–Trinajstić information content (AvgIpc) is 2.65. The molecule has 3 aromatic rings. The molecule has 0 atom stereocenters. The number of esters is 1. The molecule has 0 bridgehead atoms. The number of hydrogen-bond donors (Lipinski definition) is 0. The van der Waals surface area contributed by atoms with Gasteiger partial charge in [0.05, 0.1) is 35.4 Å². The Bertz CT molecular complexity index is 1020. The number of carbonyl (C=O) groups excluding carboxylic acids is 1. The zero-order chi connectivity index (χ0) is 18.1. The van der Waals surface area contributed by atoms with Gasteiger partial charge in [0.1, 0.15) is 12.9 Å². The van der Waals surface area contributed by atoms with Crippen LogP contribution in [0.5, 0.6) is 0 Å². The van der Waals surface area contributed by atoms with Gasteiger partial charge < -0.3 is 9.47 Å². The first-order valence-corrected chi connectivity index (χ1v) is 8.37. The van der Waals surface area contributed by atoms with Crippen molar-refractivity contribution in [2.75, 3.05) is 19.8 Å². The van der Waals surface area contributed by atoms with Crippen LogP contribution >= 0.6 is 0 Å². The Labute approximate surface area is 150 Å². The van der Waals surface area contributed by atoms with Gasteiger partial charge in [0, 0.05) is 5.41 Å². The van der Waals surface area contributed by atoms with E-state index in [1.807, 2.05) is 19.1 Å². The number of fused-ring (bicyclic) bond motifs is 1. The molecule has 0 saturated carbocycles. The van der Waals surface area contributed by atoms with Crippen LogP contribution in [0.4, 0.5) is 0 Å². The molecule has 1 aliphatic rings. The minimum absolute atomic E-state index is 0.0837. The van der Waals surface area contributed by atoms with E-state index in [0.717, 1.165) is 0 Å². The van der Waals surface area contributed by atoms with Gasteiger partial charge in [-0.25, -0.2) is 9.78 Å². The maximum atomic E-state index is 12.6. The molecule has 1 saturated heterocycles. The predicted octanol–water partition coefficient (Wildman–Crippen LogP) is 2.58. The summed E-state index contributed by atoms with van der Waals surface area (Å²) in [6.45, 7) is 3.57. The largest absolute Gasteiger partial charge is 0.461 e. The van der Waals surface area contributed by atoms with Crippen LogP contribution in [0.1, 0.15) is 17.3 Å². The molecule has 4 rings (SSSR count). The first kappa shape index (κ1) is 16.5. The van der Waals surface area contributed by atoms with Crippen LogP contribution in [-0.2, 0) is 9.47 Å². The van der Waals surface area contributed by atoms with Gasteiger partial charge in [0.2, 0.25) is 0 Å². The Balaban J connectivity index is 1.55. The first-order valence-electron chi connectivity index (χ1n) is 8.37. The van der Waals surface area contributed by atoms with Crippen molar-refractivity contribution in [1.82, 2.24) is 9.55 Å². The summed E-state index contributed by atoms with van der Waals surface area (Å²) in [7, 11) is 0. The molecule has 0 N–H and O–H groups in total. The second-order valence-electron chi connectivity index (χ2n) is 6.86. The fourth-order valence-corrected chi connectivity index (χ4v) is 2.87. The fraction of sp³-hybridized carbons (Fsp3) is 0.250. The van der Waals surface area contributed by atoms with E-state index in [-0.39, 0.29) is 16.9 Å². The minimum Gasteiger partial charge on any atom is -0.461 e. The number of carbonyl (C=O) groups is 1. The zero-order valence-electron chi connectivity index (χ0n) is 14.3. The molecule has 0 aliphatic carbocycles. The lowest BCUT2D eigenvalue weighted by molar-refractivity contribution is -0.127. The van der Waals surface area contributed by atoms with E-state index in [0.29, 0.717) is 42.0 Å². The van der Waals surface area contributed by atoms with Crippen molar-refractivity contribution in [3.05, 3.63) is 70.8 Å². The summed E-state index contributed by atoms with van der Waals surface area (Å²) < 4.78 is 12.0. The minimum atomic E-state index is -0.381. The topological polar surface area (TPSA) is 70.4 Å². The van der Waals surface area contributed by atoms with Gasteiger partial charge in [-0.05, 0) is 36.4 Å². The molecule has 132 valence electrons. The fourth-order valence-electron chi connectivity index (χ4n) is 2.87. The Morgan fingerprint density at radius 3 is 2.62 bits per heavy atom. The summed E-state index contributed by atoms with van der Waals surface area (Å²) in [6, 6.07) is 13.9. The number of aromatic nitrogens is 2. The van der Waals surface area contributed by atoms with Crippen LogP contribution in [0, 0.1) is 5.41 Å². The van der Waals surface area contributed by atoms with Gasteiger partial charge in [0.15, 0.2) is 0 Å². The number of rotatable bonds is 4. The van der Waals surface area contributed by atoms with Crippen molar-refractivity contribution in [2.45, 2.75) is 6.92 Å². The molecule has 1 aliphatic heterocycles. The normalized spacial score (nSPS) is 15.4. The predicted molar refractivity (Wildman–Crippen MR) is 96.5 cm³/mol. The first-order chi connectivity index (χ1) is 12.6. The van der Waals surface area contributed by atoms with Crippen LogP contribution in [0.3, 0.4) is 0 Å². The van der Waals surface area contributed by atoms with Gasteiger partial charge in [-0.1, -0.05) is 19.1 Å². The van der Waals surface area contributed by atoms with Crippen LogP contribution in [-0.4, -0.2) is 35.3 Å². The number of benzene rings is 2. The second kappa shape index (κ2) is 6.38. The van der Waals surface area contributed by atoms with E-state index in [1.165, 1.54) is 10.9 Å². The molecule has 26 heavy (non-hydrogen) atoms. The highest BCUT2D eigenvalue weighted by Crippen LogP contribution is 2.27. The molecule has 6 nitrogen and oxygen atoms in total. The summed E-state index contributed by atoms with van der Waals surface area (Å²) in [6.07, 6.45) is 1.50. The van der Waals surface area contributed by atoms with E-state index in [9.17, 15) is 9.59 Å². The molecular weight excluding hydrogens is 332 g/mol. The molecule has 1 aromatic heterocycles. The molecule has 0 amide bonds. The van der Waals surface area contributed by atoms with Gasteiger partial charge in [-0.15, -0.1) is 0 Å². The number of nitrogens with zero attached hydrogens (tertiary/aromatic N) is 2. The van der Waals surface area contributed by atoms with Crippen molar-refractivity contribution in [2.24, 2.45) is 5.41 Å². The monoisotopic (exact) mass is 350 g/mol. The molecule has 0 radical (unpaired) electrons. The van der Waals surface area contributed by atoms with Crippen molar-refractivity contribution in [3.63, 3.8) is 0 Å². The Morgan fingerprint density at radius 1 is 1.19 bits per heavy atom. The van der Waals surface area contributed by atoms with E-state index in [1.54, 1.807) is 36.4 Å². The van der Waals surface area contributed by atoms with Crippen LogP contribution in [0.15, 0.2) is 59.7 Å². The van der Waals surface area contributed by atoms with E-state index >= 15 is 0 Å². The third-order valence-electron chi connectivity index (χ3n) is 4.50. The average molecular weight is 350 g/mol. The molecule has 2 heterocycles. The van der Waals surface area contributed by atoms with Crippen molar-refractivity contribution in [1.29, 1.82) is 0 Å². The van der Waals surface area contributed by atoms with Crippen LogP contribution in [0.2, 0.25) is 0 Å². The molecular formula is C20H18N2O4. The Kier molecular flexibility index (Phi) is 4.05. The number of para-hydroxylation sites is 1. The third-order valence-corrected chi connectivity index (χ3v) is 4.50. The lowest BCUT2D eigenvalue weighted by atomic mass is 9.90. The third kappa shape index (κ3) is 2.99. The number of hydrogen-bond acceptors (Lipinski definition) is 5. The summed E-state index contributed by atoms with van der Waals surface area (Å²) in [5, 5.41) is 0.550. The zero-order valence-corrected chi connectivity index (χ0v) is 14.3. The summed E-state index contributed by atoms with van der Waals surface area (Å²) >= 11 is 0. The molecule has 0 spiro atoms. The van der Waals surface area contributed by atoms with Crippen molar-refractivity contribution in [3.8, 4) is 5.69 Å².